The van der Waals surface area contributed by atoms with Gasteiger partial charge in [0, 0.05) is 25.2 Å². The van der Waals surface area contributed by atoms with Crippen LogP contribution in [0.15, 0.2) is 12.3 Å². The third kappa shape index (κ3) is 4.58. The Hall–Kier alpha value is -1.85. The number of nitrogens with zero attached hydrogens (tertiary/aromatic N) is 2. The highest BCUT2D eigenvalue weighted by Crippen LogP contribution is 2.27. The Morgan fingerprint density at radius 1 is 1.27 bits per heavy atom. The summed E-state index contributed by atoms with van der Waals surface area (Å²) in [6, 6.07) is 1.84. The van der Waals surface area contributed by atoms with Gasteiger partial charge in [0.15, 0.2) is 5.78 Å². The predicted octanol–water partition coefficient (Wildman–Crippen LogP) is 2.69. The number of aromatic nitrogens is 2. The standard InChI is InChI=1S/C16H25N3O3/c1-16(2,3)22-15(21)17-12-7-5-11(6-8-12)14(20)13-9-10-19(4)18-13/h9-12H,5-8H2,1-4H3,(H,17,21). The average Bonchev–Trinajstić information content (AvgIpc) is 2.83. The van der Waals surface area contributed by atoms with Gasteiger partial charge in [-0.05, 0) is 52.5 Å². The van der Waals surface area contributed by atoms with Crippen LogP contribution in [0.5, 0.6) is 0 Å². The van der Waals surface area contributed by atoms with Crippen LogP contribution in [0.2, 0.25) is 0 Å². The monoisotopic (exact) mass is 307 g/mol. The molecule has 6 heteroatoms. The number of carbonyl (C=O) groups is 2. The quantitative estimate of drug-likeness (QED) is 0.871. The molecule has 0 radical (unpaired) electrons. The molecule has 0 spiro atoms. The number of ether oxygens (including phenoxy) is 1. The smallest absolute Gasteiger partial charge is 0.407 e. The summed E-state index contributed by atoms with van der Waals surface area (Å²) in [5.74, 6) is 0.114. The highest BCUT2D eigenvalue weighted by molar-refractivity contribution is 5.96. The molecule has 0 atom stereocenters. The summed E-state index contributed by atoms with van der Waals surface area (Å²) in [5.41, 5.74) is 0.0435. The fourth-order valence-corrected chi connectivity index (χ4v) is 2.73. The van der Waals surface area contributed by atoms with Gasteiger partial charge in [-0.1, -0.05) is 0 Å². The Morgan fingerprint density at radius 3 is 2.41 bits per heavy atom. The van der Waals surface area contributed by atoms with Crippen molar-refractivity contribution in [3.05, 3.63) is 18.0 Å². The van der Waals surface area contributed by atoms with Crippen LogP contribution in [0.1, 0.15) is 56.9 Å². The molecule has 1 amide bonds. The maximum Gasteiger partial charge on any atom is 0.407 e. The summed E-state index contributed by atoms with van der Waals surface area (Å²) >= 11 is 0. The molecule has 1 aromatic heterocycles. The molecule has 1 saturated carbocycles. The van der Waals surface area contributed by atoms with Gasteiger partial charge in [0.2, 0.25) is 0 Å². The second kappa shape index (κ2) is 6.50. The molecule has 22 heavy (non-hydrogen) atoms. The van der Waals surface area contributed by atoms with Crippen molar-refractivity contribution in [2.45, 2.75) is 58.1 Å². The van der Waals surface area contributed by atoms with Crippen LogP contribution in [0, 0.1) is 5.92 Å². The van der Waals surface area contributed by atoms with Crippen molar-refractivity contribution in [3.8, 4) is 0 Å². The first-order valence-electron chi connectivity index (χ1n) is 7.78. The van der Waals surface area contributed by atoms with Crippen molar-refractivity contribution < 1.29 is 14.3 Å². The van der Waals surface area contributed by atoms with Crippen molar-refractivity contribution in [1.29, 1.82) is 0 Å². The highest BCUT2D eigenvalue weighted by atomic mass is 16.6. The van der Waals surface area contributed by atoms with Gasteiger partial charge in [0.1, 0.15) is 11.3 Å². The molecule has 0 aromatic carbocycles. The van der Waals surface area contributed by atoms with E-state index in [1.165, 1.54) is 0 Å². The van der Waals surface area contributed by atoms with Crippen LogP contribution in [0.3, 0.4) is 0 Å². The molecule has 0 bridgehead atoms. The summed E-state index contributed by atoms with van der Waals surface area (Å²) < 4.78 is 6.90. The summed E-state index contributed by atoms with van der Waals surface area (Å²) in [7, 11) is 1.80. The number of hydrogen-bond acceptors (Lipinski definition) is 4. The van der Waals surface area contributed by atoms with Crippen LogP contribution in [0.4, 0.5) is 4.79 Å². The normalized spacial score (nSPS) is 22.2. The average molecular weight is 307 g/mol. The van der Waals surface area contributed by atoms with Crippen molar-refractivity contribution in [1.82, 2.24) is 15.1 Å². The zero-order valence-electron chi connectivity index (χ0n) is 13.8. The number of rotatable bonds is 3. The van der Waals surface area contributed by atoms with Crippen LogP contribution in [-0.2, 0) is 11.8 Å². The van der Waals surface area contributed by atoms with Crippen molar-refractivity contribution in [3.63, 3.8) is 0 Å². The third-order valence-electron chi connectivity index (χ3n) is 3.78. The third-order valence-corrected chi connectivity index (χ3v) is 3.78. The SMILES string of the molecule is Cn1ccc(C(=O)C2CCC(NC(=O)OC(C)(C)C)CC2)n1. The first kappa shape index (κ1) is 16.5. The molecule has 1 heterocycles. The summed E-state index contributed by atoms with van der Waals surface area (Å²) in [6.45, 7) is 5.53. The van der Waals surface area contributed by atoms with Gasteiger partial charge in [0.05, 0.1) is 0 Å². The van der Waals surface area contributed by atoms with E-state index in [1.54, 1.807) is 24.0 Å². The molecule has 0 saturated heterocycles. The van der Waals surface area contributed by atoms with Gasteiger partial charge >= 0.3 is 6.09 Å². The fourth-order valence-electron chi connectivity index (χ4n) is 2.73. The first-order chi connectivity index (χ1) is 10.2. The van der Waals surface area contributed by atoms with E-state index >= 15 is 0 Å². The summed E-state index contributed by atoms with van der Waals surface area (Å²) in [4.78, 5) is 24.1. The number of hydrogen-bond donors (Lipinski definition) is 1. The van der Waals surface area contributed by atoms with Crippen molar-refractivity contribution in [2.75, 3.05) is 0 Å². The van der Waals surface area contributed by atoms with E-state index in [4.69, 9.17) is 4.74 Å². The maximum atomic E-state index is 12.3. The molecule has 0 unspecified atom stereocenters. The van der Waals surface area contributed by atoms with Crippen molar-refractivity contribution >= 4 is 11.9 Å². The lowest BCUT2D eigenvalue weighted by Crippen LogP contribution is -2.41. The van der Waals surface area contributed by atoms with Crippen molar-refractivity contribution in [2.24, 2.45) is 13.0 Å². The molecular formula is C16H25N3O3. The Kier molecular flexibility index (Phi) is 4.88. The Labute approximate surface area is 131 Å². The number of aryl methyl sites for hydroxylation is 1. The number of carbonyl (C=O) groups excluding carboxylic acids is 2. The molecule has 122 valence electrons. The molecular weight excluding hydrogens is 282 g/mol. The molecule has 1 aromatic rings. The maximum absolute atomic E-state index is 12.3. The Balaban J connectivity index is 1.80. The van der Waals surface area contributed by atoms with Gasteiger partial charge in [-0.15, -0.1) is 0 Å². The van der Waals surface area contributed by atoms with E-state index in [1.807, 2.05) is 20.8 Å². The minimum atomic E-state index is -0.490. The van der Waals surface area contributed by atoms with Crippen LogP contribution >= 0.6 is 0 Å². The molecule has 1 aliphatic carbocycles. The largest absolute Gasteiger partial charge is 0.444 e. The first-order valence-corrected chi connectivity index (χ1v) is 7.78. The van der Waals surface area contributed by atoms with E-state index in [9.17, 15) is 9.59 Å². The van der Waals surface area contributed by atoms with E-state index in [0.29, 0.717) is 5.69 Å². The fraction of sp³-hybridized carbons (Fsp3) is 0.688. The summed E-state index contributed by atoms with van der Waals surface area (Å²) in [5, 5.41) is 7.06. The van der Waals surface area contributed by atoms with Gasteiger partial charge in [-0.2, -0.15) is 5.10 Å². The van der Waals surface area contributed by atoms with Crippen LogP contribution in [0.25, 0.3) is 0 Å². The minimum absolute atomic E-state index is 0.00610. The van der Waals surface area contributed by atoms with Gasteiger partial charge in [-0.3, -0.25) is 9.48 Å². The molecule has 1 N–H and O–H groups in total. The minimum Gasteiger partial charge on any atom is -0.444 e. The molecule has 1 fully saturated rings. The van der Waals surface area contributed by atoms with Crippen LogP contribution < -0.4 is 5.32 Å². The lowest BCUT2D eigenvalue weighted by molar-refractivity contribution is 0.0487. The van der Waals surface area contributed by atoms with Crippen LogP contribution in [-0.4, -0.2) is 33.3 Å². The van der Waals surface area contributed by atoms with E-state index in [-0.39, 0.29) is 23.8 Å². The lowest BCUT2D eigenvalue weighted by atomic mass is 9.82. The topological polar surface area (TPSA) is 73.2 Å². The molecule has 6 nitrogen and oxygen atoms in total. The number of ketones is 1. The highest BCUT2D eigenvalue weighted by Gasteiger charge is 2.29. The van der Waals surface area contributed by atoms with E-state index in [0.717, 1.165) is 25.7 Å². The summed E-state index contributed by atoms with van der Waals surface area (Å²) in [6.07, 6.45) is 4.53. The van der Waals surface area contributed by atoms with Gasteiger partial charge < -0.3 is 10.1 Å². The van der Waals surface area contributed by atoms with Gasteiger partial charge in [0.25, 0.3) is 0 Å². The molecule has 1 aliphatic rings. The lowest BCUT2D eigenvalue weighted by Gasteiger charge is -2.29. The van der Waals surface area contributed by atoms with E-state index in [2.05, 4.69) is 10.4 Å². The molecule has 0 aliphatic heterocycles. The number of alkyl carbamates (subject to hydrolysis) is 1. The zero-order valence-corrected chi connectivity index (χ0v) is 13.8. The number of amides is 1. The Bertz CT molecular complexity index is 537. The number of nitrogens with one attached hydrogen (secondary N) is 1. The molecule has 2 rings (SSSR count). The predicted molar refractivity (Wildman–Crippen MR) is 82.7 cm³/mol. The Morgan fingerprint density at radius 2 is 1.91 bits per heavy atom. The zero-order chi connectivity index (χ0) is 16.3. The second-order valence-corrected chi connectivity index (χ2v) is 6.93. The number of Topliss-reactive ketones (excluding diaryl/α,β-unsaturated/α-hetero) is 1. The van der Waals surface area contributed by atoms with Gasteiger partial charge in [-0.25, -0.2) is 4.79 Å². The van der Waals surface area contributed by atoms with E-state index < -0.39 is 5.60 Å². The second-order valence-electron chi connectivity index (χ2n) is 6.93.